The van der Waals surface area contributed by atoms with Crippen molar-refractivity contribution in [3.8, 4) is 0 Å². The molecule has 0 aromatic heterocycles. The van der Waals surface area contributed by atoms with Gasteiger partial charge in [0, 0.05) is 32.2 Å². The first-order valence-electron chi connectivity index (χ1n) is 7.85. The van der Waals surface area contributed by atoms with E-state index in [0.29, 0.717) is 5.56 Å². The normalized spacial score (nSPS) is 20.7. The largest absolute Gasteiger partial charge is 0.481 e. The molecule has 138 valence electrons. The molecule has 0 radical (unpaired) electrons. The SMILES string of the molecule is COCC1(C(=O)O)CCN(C(=O)c2ccccc2CCC(F)(F)F)C1. The zero-order valence-electron chi connectivity index (χ0n) is 13.8. The summed E-state index contributed by atoms with van der Waals surface area (Å²) in [5.41, 5.74) is -0.680. The van der Waals surface area contributed by atoms with Crippen molar-refractivity contribution in [2.75, 3.05) is 26.8 Å². The number of halogens is 3. The lowest BCUT2D eigenvalue weighted by molar-refractivity contribution is -0.151. The number of hydrogen-bond acceptors (Lipinski definition) is 3. The molecular formula is C17H20F3NO4. The predicted molar refractivity (Wildman–Crippen MR) is 83.3 cm³/mol. The zero-order chi connectivity index (χ0) is 18.7. The van der Waals surface area contributed by atoms with E-state index in [4.69, 9.17) is 4.74 Å². The van der Waals surface area contributed by atoms with Crippen molar-refractivity contribution >= 4 is 11.9 Å². The monoisotopic (exact) mass is 359 g/mol. The first-order valence-corrected chi connectivity index (χ1v) is 7.85. The Morgan fingerprint density at radius 1 is 1.32 bits per heavy atom. The van der Waals surface area contributed by atoms with Gasteiger partial charge in [-0.2, -0.15) is 13.2 Å². The highest BCUT2D eigenvalue weighted by molar-refractivity contribution is 5.96. The van der Waals surface area contributed by atoms with Crippen LogP contribution in [0.2, 0.25) is 0 Å². The fourth-order valence-corrected chi connectivity index (χ4v) is 3.07. The highest BCUT2D eigenvalue weighted by Gasteiger charge is 2.46. The molecular weight excluding hydrogens is 339 g/mol. The Labute approximate surface area is 143 Å². The number of carboxylic acids is 1. The summed E-state index contributed by atoms with van der Waals surface area (Å²) in [5.74, 6) is -1.49. The number of likely N-dealkylation sites (tertiary alicyclic amines) is 1. The van der Waals surface area contributed by atoms with Crippen LogP contribution >= 0.6 is 0 Å². The number of aliphatic carboxylic acids is 1. The maximum Gasteiger partial charge on any atom is 0.389 e. The number of amides is 1. The molecule has 1 saturated heterocycles. The van der Waals surface area contributed by atoms with Gasteiger partial charge in [-0.15, -0.1) is 0 Å². The quantitative estimate of drug-likeness (QED) is 0.848. The summed E-state index contributed by atoms with van der Waals surface area (Å²) >= 11 is 0. The highest BCUT2D eigenvalue weighted by Crippen LogP contribution is 2.33. The standard InChI is InChI=1S/C17H20F3NO4/c1-25-11-16(15(23)24)8-9-21(10-16)14(22)13-5-3-2-4-12(13)6-7-17(18,19)20/h2-5H,6-11H2,1H3,(H,23,24). The number of ether oxygens (including phenoxy) is 1. The van der Waals surface area contributed by atoms with Gasteiger partial charge in [-0.05, 0) is 24.5 Å². The van der Waals surface area contributed by atoms with Crippen LogP contribution in [0.15, 0.2) is 24.3 Å². The molecule has 1 N–H and O–H groups in total. The van der Waals surface area contributed by atoms with Gasteiger partial charge in [-0.3, -0.25) is 9.59 Å². The molecule has 1 aromatic rings. The van der Waals surface area contributed by atoms with E-state index in [-0.39, 0.29) is 38.1 Å². The minimum absolute atomic E-state index is 0.0252. The van der Waals surface area contributed by atoms with Crippen molar-refractivity contribution < 1.29 is 32.6 Å². The molecule has 1 fully saturated rings. The number of aryl methyl sites for hydroxylation is 1. The number of alkyl halides is 3. The molecule has 1 atom stereocenters. The van der Waals surface area contributed by atoms with E-state index in [1.807, 2.05) is 0 Å². The summed E-state index contributed by atoms with van der Waals surface area (Å²) < 4.78 is 42.4. The number of rotatable bonds is 6. The Morgan fingerprint density at radius 2 is 2.00 bits per heavy atom. The molecule has 1 aliphatic rings. The van der Waals surface area contributed by atoms with Crippen LogP contribution in [0.3, 0.4) is 0 Å². The van der Waals surface area contributed by atoms with Gasteiger partial charge < -0.3 is 14.7 Å². The molecule has 5 nitrogen and oxygen atoms in total. The van der Waals surface area contributed by atoms with Crippen molar-refractivity contribution in [1.29, 1.82) is 0 Å². The fraction of sp³-hybridized carbons (Fsp3) is 0.529. The number of carbonyl (C=O) groups excluding carboxylic acids is 1. The molecule has 1 unspecified atom stereocenters. The van der Waals surface area contributed by atoms with Gasteiger partial charge in [0.05, 0.1) is 6.61 Å². The average Bonchev–Trinajstić information content (AvgIpc) is 2.98. The van der Waals surface area contributed by atoms with Crippen molar-refractivity contribution in [1.82, 2.24) is 4.90 Å². The Bertz CT molecular complexity index is 647. The van der Waals surface area contributed by atoms with E-state index in [0.717, 1.165) is 0 Å². The second kappa shape index (κ2) is 7.43. The Hall–Kier alpha value is -2.09. The number of carboxylic acid groups (broad SMARTS) is 1. The lowest BCUT2D eigenvalue weighted by Crippen LogP contribution is -2.40. The van der Waals surface area contributed by atoms with E-state index < -0.39 is 29.9 Å². The van der Waals surface area contributed by atoms with Gasteiger partial charge in [-0.25, -0.2) is 0 Å². The van der Waals surface area contributed by atoms with Crippen LogP contribution in [0.25, 0.3) is 0 Å². The van der Waals surface area contributed by atoms with Crippen LogP contribution in [0.5, 0.6) is 0 Å². The van der Waals surface area contributed by atoms with Gasteiger partial charge in [0.15, 0.2) is 0 Å². The third kappa shape index (κ3) is 4.50. The minimum atomic E-state index is -4.30. The van der Waals surface area contributed by atoms with Crippen LogP contribution in [-0.4, -0.2) is 54.9 Å². The number of carbonyl (C=O) groups is 2. The molecule has 1 amide bonds. The summed E-state index contributed by atoms with van der Waals surface area (Å²) in [6, 6.07) is 6.14. The van der Waals surface area contributed by atoms with Gasteiger partial charge in [0.25, 0.3) is 5.91 Å². The van der Waals surface area contributed by atoms with E-state index in [1.54, 1.807) is 12.1 Å². The molecule has 1 aromatic carbocycles. The van der Waals surface area contributed by atoms with Crippen LogP contribution in [-0.2, 0) is 16.0 Å². The van der Waals surface area contributed by atoms with Crippen molar-refractivity contribution in [3.63, 3.8) is 0 Å². The first-order chi connectivity index (χ1) is 11.7. The van der Waals surface area contributed by atoms with Crippen molar-refractivity contribution in [2.24, 2.45) is 5.41 Å². The molecule has 0 spiro atoms. The summed E-state index contributed by atoms with van der Waals surface area (Å²) in [6.45, 7) is 0.173. The highest BCUT2D eigenvalue weighted by atomic mass is 19.4. The van der Waals surface area contributed by atoms with Crippen molar-refractivity contribution in [2.45, 2.75) is 25.4 Å². The van der Waals surface area contributed by atoms with Crippen LogP contribution in [0.4, 0.5) is 13.2 Å². The average molecular weight is 359 g/mol. The maximum atomic E-state index is 12.7. The Kier molecular flexibility index (Phi) is 5.72. The number of benzene rings is 1. The third-order valence-electron chi connectivity index (χ3n) is 4.44. The molecule has 8 heteroatoms. The Morgan fingerprint density at radius 3 is 2.60 bits per heavy atom. The van der Waals surface area contributed by atoms with E-state index in [2.05, 4.69) is 0 Å². The number of hydrogen-bond donors (Lipinski definition) is 1. The Balaban J connectivity index is 2.18. The van der Waals surface area contributed by atoms with Gasteiger partial charge in [0.2, 0.25) is 0 Å². The molecule has 2 rings (SSSR count). The van der Waals surface area contributed by atoms with E-state index in [9.17, 15) is 27.9 Å². The lowest BCUT2D eigenvalue weighted by atomic mass is 9.88. The molecule has 0 saturated carbocycles. The van der Waals surface area contributed by atoms with Crippen LogP contribution in [0.1, 0.15) is 28.8 Å². The second-order valence-corrected chi connectivity index (χ2v) is 6.27. The lowest BCUT2D eigenvalue weighted by Gasteiger charge is -2.24. The van der Waals surface area contributed by atoms with Crippen LogP contribution in [0, 0.1) is 5.41 Å². The summed E-state index contributed by atoms with van der Waals surface area (Å²) in [6.07, 6.45) is -5.37. The molecule has 0 aliphatic carbocycles. The first kappa shape index (κ1) is 19.2. The number of methoxy groups -OCH3 is 1. The summed E-state index contributed by atoms with van der Waals surface area (Å²) in [4.78, 5) is 25.6. The molecule has 1 heterocycles. The van der Waals surface area contributed by atoms with Crippen LogP contribution < -0.4 is 0 Å². The number of nitrogens with zero attached hydrogens (tertiary/aromatic N) is 1. The molecule has 1 aliphatic heterocycles. The third-order valence-corrected chi connectivity index (χ3v) is 4.44. The van der Waals surface area contributed by atoms with Gasteiger partial charge >= 0.3 is 12.1 Å². The van der Waals surface area contributed by atoms with Gasteiger partial charge in [0.1, 0.15) is 5.41 Å². The minimum Gasteiger partial charge on any atom is -0.481 e. The second-order valence-electron chi connectivity index (χ2n) is 6.27. The predicted octanol–water partition coefficient (Wildman–Crippen LogP) is 2.74. The topological polar surface area (TPSA) is 66.8 Å². The zero-order valence-corrected chi connectivity index (χ0v) is 13.8. The van der Waals surface area contributed by atoms with Crippen molar-refractivity contribution in [3.05, 3.63) is 35.4 Å². The summed E-state index contributed by atoms with van der Waals surface area (Å²) in [5, 5.41) is 9.45. The van der Waals surface area contributed by atoms with E-state index >= 15 is 0 Å². The fourth-order valence-electron chi connectivity index (χ4n) is 3.07. The molecule has 25 heavy (non-hydrogen) atoms. The molecule has 0 bridgehead atoms. The van der Waals surface area contributed by atoms with Gasteiger partial charge in [-0.1, -0.05) is 18.2 Å². The summed E-state index contributed by atoms with van der Waals surface area (Å²) in [7, 11) is 1.39. The maximum absolute atomic E-state index is 12.7. The smallest absolute Gasteiger partial charge is 0.389 e. The van der Waals surface area contributed by atoms with E-state index in [1.165, 1.54) is 24.1 Å².